The molecule has 4 heterocycles. The lowest BCUT2D eigenvalue weighted by Gasteiger charge is -2.17. The summed E-state index contributed by atoms with van der Waals surface area (Å²) in [5.41, 5.74) is 6.39. The molecule has 30 heavy (non-hydrogen) atoms. The fourth-order valence-electron chi connectivity index (χ4n) is 2.79. The van der Waals surface area contributed by atoms with E-state index in [2.05, 4.69) is 32.2 Å². The molecular weight excluding hydrogens is 389 g/mol. The molecule has 152 valence electrons. The number of hydrogen-bond acceptors (Lipinski definition) is 7. The maximum Gasteiger partial charge on any atom is 0.351 e. The molecule has 0 atom stereocenters. The molecule has 0 radical (unpaired) electrons. The van der Waals surface area contributed by atoms with Crippen molar-refractivity contribution in [3.8, 4) is 23.4 Å². The zero-order valence-electron chi connectivity index (χ0n) is 15.9. The fraction of sp³-hybridized carbons (Fsp3) is 0.200. The van der Waals surface area contributed by atoms with E-state index < -0.39 is 5.69 Å². The van der Waals surface area contributed by atoms with Gasteiger partial charge in [-0.25, -0.2) is 28.4 Å². The van der Waals surface area contributed by atoms with Gasteiger partial charge in [0.25, 0.3) is 0 Å². The number of aromatic nitrogens is 5. The van der Waals surface area contributed by atoms with Crippen LogP contribution < -0.4 is 21.5 Å². The van der Waals surface area contributed by atoms with Crippen LogP contribution in [0.5, 0.6) is 5.75 Å². The summed E-state index contributed by atoms with van der Waals surface area (Å²) < 4.78 is 20.7. The van der Waals surface area contributed by atoms with Gasteiger partial charge in [0, 0.05) is 24.4 Å². The highest BCUT2D eigenvalue weighted by Crippen LogP contribution is 2.24. The van der Waals surface area contributed by atoms with E-state index in [1.165, 1.54) is 10.9 Å². The summed E-state index contributed by atoms with van der Waals surface area (Å²) in [4.78, 5) is 21.2. The predicted octanol–water partition coefficient (Wildman–Crippen LogP) is 0.840. The summed E-state index contributed by atoms with van der Waals surface area (Å²) >= 11 is 0. The summed E-state index contributed by atoms with van der Waals surface area (Å²) in [7, 11) is 0. The topological polar surface area (TPSA) is 113 Å². The van der Waals surface area contributed by atoms with Gasteiger partial charge in [-0.3, -0.25) is 0 Å². The molecule has 3 aromatic rings. The number of anilines is 1. The minimum atomic E-state index is -0.455. The first-order valence-corrected chi connectivity index (χ1v) is 9.17. The molecule has 0 aromatic carbocycles. The molecule has 0 saturated heterocycles. The zero-order valence-corrected chi connectivity index (χ0v) is 15.9. The van der Waals surface area contributed by atoms with Gasteiger partial charge in [-0.15, -0.1) is 0 Å². The Morgan fingerprint density at radius 2 is 2.30 bits per heavy atom. The molecule has 0 unspecified atom stereocenters. The molecule has 3 N–H and O–H groups in total. The first kappa shape index (κ1) is 19.4. The van der Waals surface area contributed by atoms with Gasteiger partial charge in [-0.2, -0.15) is 5.10 Å². The number of ether oxygens (including phenoxy) is 1. The molecular formula is C20H18FN7O2. The largest absolute Gasteiger partial charge is 0.488 e. The van der Waals surface area contributed by atoms with E-state index in [0.29, 0.717) is 41.6 Å². The van der Waals surface area contributed by atoms with E-state index >= 15 is 0 Å². The molecule has 0 bridgehead atoms. The van der Waals surface area contributed by atoms with Crippen LogP contribution in [0.15, 0.2) is 53.5 Å². The molecule has 1 aliphatic heterocycles. The molecule has 0 spiro atoms. The Kier molecular flexibility index (Phi) is 5.54. The molecule has 0 fully saturated rings. The summed E-state index contributed by atoms with van der Waals surface area (Å²) in [6.45, 7) is 1.26. The third-order valence-corrected chi connectivity index (χ3v) is 4.32. The van der Waals surface area contributed by atoms with E-state index in [1.54, 1.807) is 24.4 Å². The number of rotatable bonds is 4. The Bertz CT molecular complexity index is 1220. The van der Waals surface area contributed by atoms with Crippen LogP contribution in [0, 0.1) is 11.8 Å². The highest BCUT2D eigenvalue weighted by molar-refractivity contribution is 5.55. The van der Waals surface area contributed by atoms with Gasteiger partial charge in [0.2, 0.25) is 0 Å². The monoisotopic (exact) mass is 407 g/mol. The lowest BCUT2D eigenvalue weighted by Crippen LogP contribution is -2.26. The van der Waals surface area contributed by atoms with Crippen molar-refractivity contribution < 1.29 is 9.13 Å². The van der Waals surface area contributed by atoms with Crippen molar-refractivity contribution in [2.45, 2.75) is 6.54 Å². The Labute approximate surface area is 171 Å². The maximum absolute atomic E-state index is 12.7. The van der Waals surface area contributed by atoms with Crippen molar-refractivity contribution in [3.63, 3.8) is 0 Å². The van der Waals surface area contributed by atoms with Crippen LogP contribution in [0.2, 0.25) is 0 Å². The van der Waals surface area contributed by atoms with Crippen molar-refractivity contribution in [2.75, 3.05) is 25.0 Å². The molecule has 4 rings (SSSR count). The van der Waals surface area contributed by atoms with Gasteiger partial charge >= 0.3 is 5.69 Å². The van der Waals surface area contributed by atoms with Gasteiger partial charge in [0.15, 0.2) is 11.6 Å². The number of pyridine rings is 2. The highest BCUT2D eigenvalue weighted by atomic mass is 19.1. The Hall–Kier alpha value is -3.97. The molecule has 10 heteroatoms. The Morgan fingerprint density at radius 3 is 3.13 bits per heavy atom. The van der Waals surface area contributed by atoms with E-state index in [9.17, 15) is 9.18 Å². The Balaban J connectivity index is 1.58. The molecule has 1 aliphatic rings. The van der Waals surface area contributed by atoms with Gasteiger partial charge in [0.1, 0.15) is 24.4 Å². The van der Waals surface area contributed by atoms with Crippen molar-refractivity contribution in [2.24, 2.45) is 5.73 Å². The van der Waals surface area contributed by atoms with Gasteiger partial charge in [-0.1, -0.05) is 12.0 Å². The summed E-state index contributed by atoms with van der Waals surface area (Å²) in [6.07, 6.45) is 3.36. The van der Waals surface area contributed by atoms with Crippen molar-refractivity contribution in [1.29, 1.82) is 0 Å². The van der Waals surface area contributed by atoms with Crippen LogP contribution in [-0.2, 0) is 6.54 Å². The average Bonchev–Trinajstić information content (AvgIpc) is 3.16. The second kappa shape index (κ2) is 8.59. The maximum atomic E-state index is 12.7. The second-order valence-corrected chi connectivity index (χ2v) is 6.39. The molecule has 0 saturated carbocycles. The number of nitrogens with one attached hydrogen (secondary N) is 1. The van der Waals surface area contributed by atoms with Crippen LogP contribution in [-0.4, -0.2) is 44.0 Å². The smallest absolute Gasteiger partial charge is 0.351 e. The fourth-order valence-corrected chi connectivity index (χ4v) is 2.79. The molecule has 3 aromatic heterocycles. The first-order valence-electron chi connectivity index (χ1n) is 9.17. The quantitative estimate of drug-likeness (QED) is 0.616. The average molecular weight is 407 g/mol. The summed E-state index contributed by atoms with van der Waals surface area (Å²) in [6, 6.07) is 6.94. The van der Waals surface area contributed by atoms with Crippen LogP contribution in [0.25, 0.3) is 5.82 Å². The Morgan fingerprint density at radius 1 is 1.40 bits per heavy atom. The van der Waals surface area contributed by atoms with Crippen LogP contribution in [0.1, 0.15) is 11.3 Å². The summed E-state index contributed by atoms with van der Waals surface area (Å²) in [5.74, 6) is 7.67. The number of hydrogen-bond donors (Lipinski definition) is 2. The lowest BCUT2D eigenvalue weighted by atomic mass is 10.2. The zero-order chi connectivity index (χ0) is 20.9. The normalized spacial score (nSPS) is 12.9. The van der Waals surface area contributed by atoms with E-state index in [-0.39, 0.29) is 18.7 Å². The number of nitrogens with zero attached hydrogens (tertiary/aromatic N) is 5. The minimum Gasteiger partial charge on any atom is -0.488 e. The number of halogens is 1. The minimum absolute atomic E-state index is 0.00220. The van der Waals surface area contributed by atoms with E-state index in [1.807, 2.05) is 6.07 Å². The van der Waals surface area contributed by atoms with E-state index in [4.69, 9.17) is 10.5 Å². The van der Waals surface area contributed by atoms with Gasteiger partial charge in [0.05, 0.1) is 19.4 Å². The van der Waals surface area contributed by atoms with Gasteiger partial charge < -0.3 is 15.8 Å². The van der Waals surface area contributed by atoms with Crippen molar-refractivity contribution >= 4 is 5.82 Å². The van der Waals surface area contributed by atoms with Crippen molar-refractivity contribution in [1.82, 2.24) is 24.3 Å². The highest BCUT2D eigenvalue weighted by Gasteiger charge is 2.11. The summed E-state index contributed by atoms with van der Waals surface area (Å²) in [5, 5.41) is 7.14. The van der Waals surface area contributed by atoms with Crippen LogP contribution >= 0.6 is 0 Å². The van der Waals surface area contributed by atoms with Crippen molar-refractivity contribution in [3.05, 3.63) is 70.4 Å². The second-order valence-electron chi connectivity index (χ2n) is 6.39. The third-order valence-electron chi connectivity index (χ3n) is 4.32. The standard InChI is InChI=1S/C20H18FN7O2/c21-9-15(10-22)12-28-20(29)27(13-25-28)18-3-1-2-16(26-18)5-4-14-8-17-19(24-11-14)23-6-7-30-17/h1-3,8-9,11,13H,6-7,10,12,22H2,(H,23,24)/b15-9+. The number of nitrogens with two attached hydrogens (primary N) is 1. The first-order chi connectivity index (χ1) is 14.7. The molecule has 0 aliphatic carbocycles. The third kappa shape index (κ3) is 4.06. The lowest BCUT2D eigenvalue weighted by molar-refractivity contribution is 0.321. The predicted molar refractivity (Wildman–Crippen MR) is 108 cm³/mol. The van der Waals surface area contributed by atoms with Crippen LogP contribution in [0.3, 0.4) is 0 Å². The van der Waals surface area contributed by atoms with Gasteiger partial charge in [-0.05, 0) is 23.6 Å². The molecule has 0 amide bonds. The molecule has 9 nitrogen and oxygen atoms in total. The SMILES string of the molecule is NC/C(=C\F)Cn1ncn(-c2cccc(C#Cc3cnc4c(c3)OCCN4)n2)c1=O. The number of fused-ring (bicyclic) bond motifs is 1. The van der Waals surface area contributed by atoms with E-state index in [0.717, 1.165) is 11.2 Å². The van der Waals surface area contributed by atoms with Crippen LogP contribution in [0.4, 0.5) is 10.2 Å².